The molecule has 1 unspecified atom stereocenters. The van der Waals surface area contributed by atoms with Crippen LogP contribution in [0.15, 0.2) is 18.3 Å². The number of carbonyl (C=O) groups excluding carboxylic acids is 1. The van der Waals surface area contributed by atoms with Gasteiger partial charge in [-0.25, -0.2) is 18.2 Å². The number of hydrogen-bond acceptors (Lipinski definition) is 5. The second kappa shape index (κ2) is 6.08. The average molecular weight is 299 g/mol. The predicted molar refractivity (Wildman–Crippen MR) is 73.2 cm³/mol. The van der Waals surface area contributed by atoms with Crippen molar-refractivity contribution in [3.63, 3.8) is 0 Å². The molecule has 110 valence electrons. The maximum atomic E-state index is 11.7. The third-order valence-electron chi connectivity index (χ3n) is 3.05. The van der Waals surface area contributed by atoms with Crippen molar-refractivity contribution in [2.45, 2.75) is 19.0 Å². The zero-order valence-electron chi connectivity index (χ0n) is 11.1. The number of ether oxygens (including phenoxy) is 1. The van der Waals surface area contributed by atoms with Gasteiger partial charge in [0.1, 0.15) is 0 Å². The molecular weight excluding hydrogens is 282 g/mol. The van der Waals surface area contributed by atoms with Crippen molar-refractivity contribution in [3.05, 3.63) is 23.9 Å². The Morgan fingerprint density at radius 1 is 1.55 bits per heavy atom. The van der Waals surface area contributed by atoms with Crippen LogP contribution in [0.4, 0.5) is 4.79 Å². The number of carbonyl (C=O) groups is 1. The molecule has 2 heterocycles. The smallest absolute Gasteiger partial charge is 0.315 e. The van der Waals surface area contributed by atoms with Gasteiger partial charge in [-0.1, -0.05) is 6.07 Å². The molecular formula is C12H17N3O4S. The van der Waals surface area contributed by atoms with Crippen LogP contribution in [0.2, 0.25) is 0 Å². The number of nitrogens with one attached hydrogen (secondary N) is 2. The van der Waals surface area contributed by atoms with Gasteiger partial charge >= 0.3 is 6.03 Å². The number of pyridine rings is 1. The van der Waals surface area contributed by atoms with Crippen LogP contribution in [0, 0.1) is 0 Å². The van der Waals surface area contributed by atoms with Gasteiger partial charge in [0.05, 0.1) is 18.6 Å². The molecule has 2 amide bonds. The van der Waals surface area contributed by atoms with Gasteiger partial charge in [0.25, 0.3) is 0 Å². The quantitative estimate of drug-likeness (QED) is 0.820. The topological polar surface area (TPSA) is 97.4 Å². The van der Waals surface area contributed by atoms with Gasteiger partial charge in [0, 0.05) is 24.3 Å². The summed E-state index contributed by atoms with van der Waals surface area (Å²) in [6, 6.07) is 2.85. The average Bonchev–Trinajstić information content (AvgIpc) is 2.76. The summed E-state index contributed by atoms with van der Waals surface area (Å²) in [5, 5.41) is 5.31. The molecule has 1 fully saturated rings. The number of urea groups is 1. The highest BCUT2D eigenvalue weighted by molar-refractivity contribution is 7.91. The predicted octanol–water partition coefficient (Wildman–Crippen LogP) is 0.0765. The van der Waals surface area contributed by atoms with Crippen molar-refractivity contribution in [3.8, 4) is 5.88 Å². The lowest BCUT2D eigenvalue weighted by atomic mass is 10.2. The second-order valence-corrected chi connectivity index (χ2v) is 6.83. The molecule has 8 heteroatoms. The minimum Gasteiger partial charge on any atom is -0.481 e. The third kappa shape index (κ3) is 3.83. The van der Waals surface area contributed by atoms with Crippen LogP contribution in [0.5, 0.6) is 5.88 Å². The molecule has 20 heavy (non-hydrogen) atoms. The van der Waals surface area contributed by atoms with E-state index >= 15 is 0 Å². The first-order valence-corrected chi connectivity index (χ1v) is 8.05. The van der Waals surface area contributed by atoms with E-state index in [2.05, 4.69) is 15.6 Å². The van der Waals surface area contributed by atoms with E-state index < -0.39 is 15.9 Å². The van der Waals surface area contributed by atoms with E-state index in [0.29, 0.717) is 12.3 Å². The molecule has 1 aliphatic rings. The molecule has 0 aliphatic carbocycles. The van der Waals surface area contributed by atoms with Gasteiger partial charge in [0.2, 0.25) is 5.88 Å². The Morgan fingerprint density at radius 3 is 3.00 bits per heavy atom. The summed E-state index contributed by atoms with van der Waals surface area (Å²) in [6.45, 7) is 0.266. The van der Waals surface area contributed by atoms with Crippen LogP contribution in [-0.4, -0.2) is 44.1 Å². The van der Waals surface area contributed by atoms with Gasteiger partial charge in [-0.05, 0) is 12.5 Å². The fourth-order valence-corrected chi connectivity index (χ4v) is 3.74. The molecule has 1 saturated heterocycles. The molecule has 1 aromatic rings. The fourth-order valence-electron chi connectivity index (χ4n) is 2.06. The zero-order valence-corrected chi connectivity index (χ0v) is 11.9. The maximum Gasteiger partial charge on any atom is 0.315 e. The molecule has 1 aliphatic heterocycles. The molecule has 2 N–H and O–H groups in total. The first kappa shape index (κ1) is 14.6. The minimum atomic E-state index is -2.99. The summed E-state index contributed by atoms with van der Waals surface area (Å²) >= 11 is 0. The second-order valence-electron chi connectivity index (χ2n) is 4.60. The molecule has 0 saturated carbocycles. The largest absolute Gasteiger partial charge is 0.481 e. The van der Waals surface area contributed by atoms with E-state index in [1.54, 1.807) is 18.3 Å². The Kier molecular flexibility index (Phi) is 4.43. The van der Waals surface area contributed by atoms with E-state index in [4.69, 9.17) is 4.74 Å². The number of rotatable bonds is 4. The Hall–Kier alpha value is -1.83. The summed E-state index contributed by atoms with van der Waals surface area (Å²) in [6.07, 6.45) is 2.07. The van der Waals surface area contributed by atoms with Crippen molar-refractivity contribution in [1.29, 1.82) is 0 Å². The van der Waals surface area contributed by atoms with Crippen LogP contribution < -0.4 is 15.4 Å². The number of aromatic nitrogens is 1. The molecule has 1 aromatic heterocycles. The lowest BCUT2D eigenvalue weighted by Gasteiger charge is -2.13. The fraction of sp³-hybridized carbons (Fsp3) is 0.500. The standard InChI is InChI=1S/C12H17N3O4S/c1-19-11-9(3-2-5-13-11)7-14-12(16)15-10-4-6-20(17,18)8-10/h2-3,5,10H,4,6-8H2,1H3,(H2,14,15,16). The maximum absolute atomic E-state index is 11.7. The van der Waals surface area contributed by atoms with Crippen LogP contribution in [0.25, 0.3) is 0 Å². The Labute approximate surface area is 117 Å². The number of nitrogens with zero attached hydrogens (tertiary/aromatic N) is 1. The molecule has 0 aromatic carbocycles. The minimum absolute atomic E-state index is 0.0105. The first-order valence-electron chi connectivity index (χ1n) is 6.23. The van der Waals surface area contributed by atoms with Crippen LogP contribution in [-0.2, 0) is 16.4 Å². The molecule has 7 nitrogen and oxygen atoms in total. The summed E-state index contributed by atoms with van der Waals surface area (Å²) in [5.41, 5.74) is 0.754. The normalized spacial score (nSPS) is 20.4. The van der Waals surface area contributed by atoms with Crippen LogP contribution in [0.1, 0.15) is 12.0 Å². The lowest BCUT2D eigenvalue weighted by Crippen LogP contribution is -2.42. The van der Waals surface area contributed by atoms with Crippen molar-refractivity contribution in [2.24, 2.45) is 0 Å². The monoisotopic (exact) mass is 299 g/mol. The van der Waals surface area contributed by atoms with Gasteiger partial charge in [0.15, 0.2) is 9.84 Å². The Morgan fingerprint density at radius 2 is 2.35 bits per heavy atom. The van der Waals surface area contributed by atoms with E-state index in [1.165, 1.54) is 7.11 Å². The first-order chi connectivity index (χ1) is 9.50. The Balaban J connectivity index is 1.84. The molecule has 0 spiro atoms. The SMILES string of the molecule is COc1ncccc1CNC(=O)NC1CCS(=O)(=O)C1. The third-order valence-corrected chi connectivity index (χ3v) is 4.82. The molecule has 2 rings (SSSR count). The van der Waals surface area contributed by atoms with Crippen molar-refractivity contribution in [2.75, 3.05) is 18.6 Å². The summed E-state index contributed by atoms with van der Waals surface area (Å²) in [5.74, 6) is 0.599. The highest BCUT2D eigenvalue weighted by Crippen LogP contribution is 2.13. The number of amides is 2. The van der Waals surface area contributed by atoms with Crippen molar-refractivity contribution in [1.82, 2.24) is 15.6 Å². The van der Waals surface area contributed by atoms with Gasteiger partial charge < -0.3 is 15.4 Å². The number of hydrogen-bond donors (Lipinski definition) is 2. The number of sulfone groups is 1. The van der Waals surface area contributed by atoms with Crippen LogP contribution in [0.3, 0.4) is 0 Å². The highest BCUT2D eigenvalue weighted by atomic mass is 32.2. The van der Waals surface area contributed by atoms with Gasteiger partial charge in [-0.3, -0.25) is 0 Å². The van der Waals surface area contributed by atoms with Gasteiger partial charge in [-0.2, -0.15) is 0 Å². The summed E-state index contributed by atoms with van der Waals surface area (Å²) < 4.78 is 27.7. The molecule has 0 bridgehead atoms. The van der Waals surface area contributed by atoms with Crippen LogP contribution >= 0.6 is 0 Å². The highest BCUT2D eigenvalue weighted by Gasteiger charge is 2.28. The van der Waals surface area contributed by atoms with Crippen molar-refractivity contribution < 1.29 is 17.9 Å². The molecule has 0 radical (unpaired) electrons. The van der Waals surface area contributed by atoms with E-state index in [1.807, 2.05) is 0 Å². The summed E-state index contributed by atoms with van der Waals surface area (Å²) in [7, 11) is -1.48. The van der Waals surface area contributed by atoms with Crippen molar-refractivity contribution >= 4 is 15.9 Å². The van der Waals surface area contributed by atoms with E-state index in [9.17, 15) is 13.2 Å². The van der Waals surface area contributed by atoms with Gasteiger partial charge in [-0.15, -0.1) is 0 Å². The zero-order chi connectivity index (χ0) is 14.6. The molecule has 1 atom stereocenters. The number of methoxy groups -OCH3 is 1. The lowest BCUT2D eigenvalue weighted by molar-refractivity contribution is 0.237. The van der Waals surface area contributed by atoms with E-state index in [-0.39, 0.29) is 24.1 Å². The van der Waals surface area contributed by atoms with E-state index in [0.717, 1.165) is 5.56 Å². The summed E-state index contributed by atoms with van der Waals surface area (Å²) in [4.78, 5) is 15.7. The Bertz CT molecular complexity index is 588.